The first-order valence-corrected chi connectivity index (χ1v) is 8.67. The molecule has 1 unspecified atom stereocenters. The Bertz CT molecular complexity index is 554. The monoisotopic (exact) mass is 326 g/mol. The van der Waals surface area contributed by atoms with Crippen LogP contribution in [0.3, 0.4) is 0 Å². The van der Waals surface area contributed by atoms with E-state index in [1.54, 1.807) is 11.3 Å². The highest BCUT2D eigenvalue weighted by Crippen LogP contribution is 2.26. The number of hydrogen-bond donors (Lipinski definition) is 2. The maximum atomic E-state index is 11.6. The van der Waals surface area contributed by atoms with E-state index in [-0.39, 0.29) is 18.4 Å². The lowest BCUT2D eigenvalue weighted by atomic mass is 10.2. The molecule has 1 atom stereocenters. The number of carbonyl (C=O) groups is 1. The van der Waals surface area contributed by atoms with Crippen molar-refractivity contribution < 1.29 is 14.4 Å². The van der Waals surface area contributed by atoms with Crippen LogP contribution in [0.2, 0.25) is 0 Å². The first kappa shape index (κ1) is 16.1. The molecule has 2 aromatic heterocycles. The molecule has 0 fully saturated rings. The molecule has 0 saturated carbocycles. The zero-order valence-electron chi connectivity index (χ0n) is 11.7. The molecule has 114 valence electrons. The molecular formula is C14H18N2O3S2. The average molecular weight is 326 g/mol. The number of nitrogens with zero attached hydrogens (tertiary/aromatic N) is 1. The predicted octanol–water partition coefficient (Wildman–Crippen LogP) is 2.38. The van der Waals surface area contributed by atoms with E-state index in [9.17, 15) is 4.79 Å². The van der Waals surface area contributed by atoms with Crippen molar-refractivity contribution in [2.45, 2.75) is 12.7 Å². The summed E-state index contributed by atoms with van der Waals surface area (Å²) in [5.41, 5.74) is 0.833. The second-order valence-corrected chi connectivity index (χ2v) is 6.68. The van der Waals surface area contributed by atoms with Crippen molar-refractivity contribution in [3.63, 3.8) is 0 Å². The van der Waals surface area contributed by atoms with Crippen molar-refractivity contribution in [1.29, 1.82) is 0 Å². The summed E-state index contributed by atoms with van der Waals surface area (Å²) in [5.74, 6) is 1.84. The van der Waals surface area contributed by atoms with Gasteiger partial charge in [-0.25, -0.2) is 0 Å². The summed E-state index contributed by atoms with van der Waals surface area (Å²) >= 11 is 3.10. The van der Waals surface area contributed by atoms with E-state index in [2.05, 4.69) is 10.5 Å². The van der Waals surface area contributed by atoms with Crippen molar-refractivity contribution >= 4 is 29.0 Å². The van der Waals surface area contributed by atoms with Gasteiger partial charge >= 0.3 is 0 Å². The Morgan fingerprint density at radius 3 is 3.19 bits per heavy atom. The normalized spacial score (nSPS) is 12.3. The highest BCUT2D eigenvalue weighted by atomic mass is 32.2. The number of rotatable bonds is 8. The van der Waals surface area contributed by atoms with Gasteiger partial charge in [0.25, 0.3) is 0 Å². The van der Waals surface area contributed by atoms with Crippen molar-refractivity contribution in [1.82, 2.24) is 10.5 Å². The third kappa shape index (κ3) is 5.18. The van der Waals surface area contributed by atoms with Gasteiger partial charge in [-0.1, -0.05) is 18.1 Å². The van der Waals surface area contributed by atoms with Crippen LogP contribution in [0.15, 0.2) is 28.1 Å². The number of aliphatic hydroxyl groups is 1. The van der Waals surface area contributed by atoms with Gasteiger partial charge in [0.05, 0.1) is 16.3 Å². The standard InChI is InChI=1S/C14H18N2O3S2/c1-10(7-17)6-15-14(18)9-20-8-11-5-12(19-16-11)13-3-2-4-21-13/h2-5,10,17H,6-9H2,1H3,(H,15,18). The van der Waals surface area contributed by atoms with Gasteiger partial charge in [0.1, 0.15) is 0 Å². The van der Waals surface area contributed by atoms with E-state index in [1.807, 2.05) is 30.5 Å². The molecule has 0 aromatic carbocycles. The molecule has 2 rings (SSSR count). The molecule has 2 aromatic rings. The summed E-state index contributed by atoms with van der Waals surface area (Å²) in [7, 11) is 0. The molecule has 5 nitrogen and oxygen atoms in total. The molecule has 21 heavy (non-hydrogen) atoms. The van der Waals surface area contributed by atoms with E-state index < -0.39 is 0 Å². The highest BCUT2D eigenvalue weighted by Gasteiger charge is 2.09. The molecule has 7 heteroatoms. The molecule has 0 spiro atoms. The number of aromatic nitrogens is 1. The summed E-state index contributed by atoms with van der Waals surface area (Å²) in [6, 6.07) is 5.86. The molecule has 0 aliphatic rings. The fourth-order valence-electron chi connectivity index (χ4n) is 1.57. The molecule has 1 amide bonds. The van der Waals surface area contributed by atoms with Crippen LogP contribution in [-0.4, -0.2) is 35.1 Å². The Hall–Kier alpha value is -1.31. The first-order chi connectivity index (χ1) is 10.2. The summed E-state index contributed by atoms with van der Waals surface area (Å²) < 4.78 is 5.28. The SMILES string of the molecule is CC(CO)CNC(=O)CSCc1cc(-c2cccs2)on1. The van der Waals surface area contributed by atoms with Gasteiger partial charge in [-0.2, -0.15) is 0 Å². The minimum atomic E-state index is -0.0257. The van der Waals surface area contributed by atoms with Crippen LogP contribution in [-0.2, 0) is 10.5 Å². The zero-order chi connectivity index (χ0) is 15.1. The molecule has 0 saturated heterocycles. The van der Waals surface area contributed by atoms with Crippen molar-refractivity contribution in [3.8, 4) is 10.6 Å². The van der Waals surface area contributed by atoms with Gasteiger partial charge in [0.15, 0.2) is 5.76 Å². The number of nitrogens with one attached hydrogen (secondary N) is 1. The second kappa shape index (κ2) is 8.21. The maximum Gasteiger partial charge on any atom is 0.230 e. The summed E-state index contributed by atoms with van der Waals surface area (Å²) in [5, 5.41) is 17.7. The Morgan fingerprint density at radius 1 is 1.62 bits per heavy atom. The minimum Gasteiger partial charge on any atom is -0.396 e. The van der Waals surface area contributed by atoms with Gasteiger partial charge in [-0.15, -0.1) is 23.1 Å². The molecule has 2 N–H and O–H groups in total. The maximum absolute atomic E-state index is 11.6. The molecule has 0 radical (unpaired) electrons. The lowest BCUT2D eigenvalue weighted by molar-refractivity contribution is -0.118. The largest absolute Gasteiger partial charge is 0.396 e. The summed E-state index contributed by atoms with van der Waals surface area (Å²) in [6.45, 7) is 2.47. The third-order valence-corrected chi connectivity index (χ3v) is 4.62. The molecular weight excluding hydrogens is 308 g/mol. The van der Waals surface area contributed by atoms with Crippen LogP contribution >= 0.6 is 23.1 Å². The Labute approximate surface area is 131 Å². The highest BCUT2D eigenvalue weighted by molar-refractivity contribution is 7.99. The number of aliphatic hydroxyl groups excluding tert-OH is 1. The predicted molar refractivity (Wildman–Crippen MR) is 85.2 cm³/mol. The van der Waals surface area contributed by atoms with Gasteiger partial charge in [-0.05, 0) is 17.4 Å². The number of carbonyl (C=O) groups excluding carboxylic acids is 1. The smallest absolute Gasteiger partial charge is 0.230 e. The lowest BCUT2D eigenvalue weighted by Gasteiger charge is -2.08. The third-order valence-electron chi connectivity index (χ3n) is 2.77. The van der Waals surface area contributed by atoms with E-state index in [4.69, 9.17) is 9.63 Å². The van der Waals surface area contributed by atoms with Crippen LogP contribution < -0.4 is 5.32 Å². The van der Waals surface area contributed by atoms with E-state index in [0.717, 1.165) is 16.3 Å². The van der Waals surface area contributed by atoms with Crippen LogP contribution in [0, 0.1) is 5.92 Å². The first-order valence-electron chi connectivity index (χ1n) is 6.64. The minimum absolute atomic E-state index is 0.0257. The van der Waals surface area contributed by atoms with Gasteiger partial charge in [-0.3, -0.25) is 4.79 Å². The van der Waals surface area contributed by atoms with E-state index in [0.29, 0.717) is 18.1 Å². The molecule has 0 aliphatic heterocycles. The van der Waals surface area contributed by atoms with Crippen LogP contribution in [0.5, 0.6) is 0 Å². The number of thioether (sulfide) groups is 1. The van der Waals surface area contributed by atoms with Crippen molar-refractivity contribution in [2.75, 3.05) is 18.9 Å². The Kier molecular flexibility index (Phi) is 6.28. The molecule has 2 heterocycles. The number of amides is 1. The molecule has 0 bridgehead atoms. The summed E-state index contributed by atoms with van der Waals surface area (Å²) in [6.07, 6.45) is 0. The number of thiophene rings is 1. The van der Waals surface area contributed by atoms with Gasteiger partial charge < -0.3 is 14.9 Å². The van der Waals surface area contributed by atoms with Gasteiger partial charge in [0, 0.05) is 25.0 Å². The fraction of sp³-hybridized carbons (Fsp3) is 0.429. The van der Waals surface area contributed by atoms with E-state index in [1.165, 1.54) is 11.8 Å². The summed E-state index contributed by atoms with van der Waals surface area (Å²) in [4.78, 5) is 12.6. The fourth-order valence-corrected chi connectivity index (χ4v) is 2.97. The second-order valence-electron chi connectivity index (χ2n) is 4.74. The topological polar surface area (TPSA) is 75.4 Å². The Morgan fingerprint density at radius 2 is 2.48 bits per heavy atom. The van der Waals surface area contributed by atoms with Gasteiger partial charge in [0.2, 0.25) is 5.91 Å². The number of hydrogen-bond acceptors (Lipinski definition) is 6. The van der Waals surface area contributed by atoms with E-state index >= 15 is 0 Å². The average Bonchev–Trinajstić information content (AvgIpc) is 3.15. The van der Waals surface area contributed by atoms with Crippen LogP contribution in [0.25, 0.3) is 10.6 Å². The van der Waals surface area contributed by atoms with Crippen LogP contribution in [0.4, 0.5) is 0 Å². The molecule has 0 aliphatic carbocycles. The lowest BCUT2D eigenvalue weighted by Crippen LogP contribution is -2.30. The quantitative estimate of drug-likeness (QED) is 0.779. The zero-order valence-corrected chi connectivity index (χ0v) is 13.4. The van der Waals surface area contributed by atoms with Crippen LogP contribution in [0.1, 0.15) is 12.6 Å². The van der Waals surface area contributed by atoms with Crippen molar-refractivity contribution in [2.24, 2.45) is 5.92 Å². The van der Waals surface area contributed by atoms with Crippen molar-refractivity contribution in [3.05, 3.63) is 29.3 Å². The Balaban J connectivity index is 1.70.